The van der Waals surface area contributed by atoms with Crippen molar-refractivity contribution in [2.24, 2.45) is 5.92 Å². The van der Waals surface area contributed by atoms with Crippen molar-refractivity contribution in [2.45, 2.75) is 82.8 Å². The summed E-state index contributed by atoms with van der Waals surface area (Å²) in [6.45, 7) is 6.27. The zero-order valence-corrected chi connectivity index (χ0v) is 16.9. The van der Waals surface area contributed by atoms with Gasteiger partial charge in [-0.25, -0.2) is 4.79 Å². The molecule has 3 rings (SSSR count). The number of unbranched alkanes of at least 4 members (excludes halogenated alkanes) is 2. The van der Waals surface area contributed by atoms with E-state index < -0.39 is 17.2 Å². The molecule has 1 saturated carbocycles. The zero-order valence-electron chi connectivity index (χ0n) is 16.9. The molecule has 1 aliphatic carbocycles. The normalized spacial score (nSPS) is 28.6. The van der Waals surface area contributed by atoms with Gasteiger partial charge in [-0.3, -0.25) is 0 Å². The highest BCUT2D eigenvalue weighted by Gasteiger charge is 2.54. The first-order valence-corrected chi connectivity index (χ1v) is 10.1. The monoisotopic (exact) mass is 376 g/mol. The second-order valence-electron chi connectivity index (χ2n) is 8.67. The minimum Gasteiger partial charge on any atom is -0.508 e. The lowest BCUT2D eigenvalue weighted by atomic mass is 9.62. The van der Waals surface area contributed by atoms with Crippen LogP contribution in [0.4, 0.5) is 0 Å². The quantitative estimate of drug-likeness (QED) is 0.598. The standard InChI is InChI=1S/C22H32O5/c1-5-6-7-8-14-11-17(23)19-15-13-22(25,20(24)26-4)10-9-16(15)21(2,3)27-18(19)12-14/h11-12,15-16,23,25H,5-10,13H2,1-4H3/t15-,16-,22+/m1/s1. The number of phenols is 1. The molecule has 5 nitrogen and oxygen atoms in total. The van der Waals surface area contributed by atoms with Gasteiger partial charge in [-0.1, -0.05) is 19.8 Å². The second kappa shape index (κ2) is 7.34. The average molecular weight is 376 g/mol. The zero-order chi connectivity index (χ0) is 19.8. The largest absolute Gasteiger partial charge is 0.508 e. The fourth-order valence-corrected chi connectivity index (χ4v) is 4.92. The Hall–Kier alpha value is -1.75. The summed E-state index contributed by atoms with van der Waals surface area (Å²) in [5.41, 5.74) is -0.148. The summed E-state index contributed by atoms with van der Waals surface area (Å²) in [4.78, 5) is 12.2. The Morgan fingerprint density at radius 3 is 2.74 bits per heavy atom. The van der Waals surface area contributed by atoms with Crippen molar-refractivity contribution in [1.29, 1.82) is 0 Å². The lowest BCUT2D eigenvalue weighted by Crippen LogP contribution is -2.53. The summed E-state index contributed by atoms with van der Waals surface area (Å²) in [5.74, 6) is 0.265. The van der Waals surface area contributed by atoms with Gasteiger partial charge in [0.05, 0.1) is 7.11 Å². The van der Waals surface area contributed by atoms with Crippen LogP contribution in [0.2, 0.25) is 0 Å². The molecule has 1 aromatic rings. The number of aryl methyl sites for hydroxylation is 1. The minimum absolute atomic E-state index is 0.117. The van der Waals surface area contributed by atoms with Crippen molar-refractivity contribution in [2.75, 3.05) is 7.11 Å². The van der Waals surface area contributed by atoms with E-state index in [1.807, 2.05) is 12.1 Å². The van der Waals surface area contributed by atoms with Gasteiger partial charge < -0.3 is 19.7 Å². The van der Waals surface area contributed by atoms with E-state index in [2.05, 4.69) is 20.8 Å². The van der Waals surface area contributed by atoms with Gasteiger partial charge in [0.25, 0.3) is 0 Å². The van der Waals surface area contributed by atoms with E-state index in [1.54, 1.807) is 0 Å². The third kappa shape index (κ3) is 3.66. The van der Waals surface area contributed by atoms with E-state index in [4.69, 9.17) is 9.47 Å². The maximum atomic E-state index is 12.2. The Balaban J connectivity index is 1.97. The maximum Gasteiger partial charge on any atom is 0.337 e. The molecule has 1 heterocycles. The van der Waals surface area contributed by atoms with Gasteiger partial charge in [0.1, 0.15) is 17.1 Å². The number of fused-ring (bicyclic) bond motifs is 3. The van der Waals surface area contributed by atoms with Gasteiger partial charge in [-0.15, -0.1) is 0 Å². The number of aliphatic hydroxyl groups is 1. The van der Waals surface area contributed by atoms with Crippen molar-refractivity contribution in [1.82, 2.24) is 0 Å². The summed E-state index contributed by atoms with van der Waals surface area (Å²) in [5, 5.41) is 21.7. The molecule has 0 saturated heterocycles. The molecule has 0 aromatic heterocycles. The summed E-state index contributed by atoms with van der Waals surface area (Å²) >= 11 is 0. The highest BCUT2D eigenvalue weighted by atomic mass is 16.5. The number of phenolic OH excluding ortho intramolecular Hbond substituents is 1. The van der Waals surface area contributed by atoms with E-state index in [0.29, 0.717) is 18.6 Å². The first-order valence-electron chi connectivity index (χ1n) is 10.1. The fraction of sp³-hybridized carbons (Fsp3) is 0.682. The minimum atomic E-state index is -1.51. The molecule has 5 heteroatoms. The fourth-order valence-electron chi connectivity index (χ4n) is 4.92. The lowest BCUT2D eigenvalue weighted by molar-refractivity contribution is -0.170. The van der Waals surface area contributed by atoms with E-state index in [1.165, 1.54) is 7.11 Å². The first kappa shape index (κ1) is 20.0. The number of hydrogen-bond donors (Lipinski definition) is 2. The molecule has 0 amide bonds. The van der Waals surface area contributed by atoms with Crippen LogP contribution in [0.1, 0.15) is 76.3 Å². The molecule has 150 valence electrons. The second-order valence-corrected chi connectivity index (χ2v) is 8.67. The van der Waals surface area contributed by atoms with Gasteiger partial charge >= 0.3 is 5.97 Å². The summed E-state index contributed by atoms with van der Waals surface area (Å²) in [6, 6.07) is 3.84. The van der Waals surface area contributed by atoms with Crippen molar-refractivity contribution >= 4 is 5.97 Å². The Bertz CT molecular complexity index is 711. The van der Waals surface area contributed by atoms with Gasteiger partial charge in [0, 0.05) is 17.4 Å². The SMILES string of the molecule is CCCCCc1cc(O)c2c(c1)OC(C)(C)[C@@H]1CC[C@@](O)(C(=O)OC)C[C@@H]21. The Kier molecular flexibility index (Phi) is 5.44. The van der Waals surface area contributed by atoms with Crippen LogP contribution in [0.25, 0.3) is 0 Å². The molecular weight excluding hydrogens is 344 g/mol. The van der Waals surface area contributed by atoms with Gasteiger partial charge in [-0.2, -0.15) is 0 Å². The molecule has 3 atom stereocenters. The van der Waals surface area contributed by atoms with E-state index in [0.717, 1.165) is 36.8 Å². The molecule has 1 aromatic carbocycles. The van der Waals surface area contributed by atoms with Crippen molar-refractivity contribution < 1.29 is 24.5 Å². The first-order chi connectivity index (χ1) is 12.7. The number of carbonyl (C=O) groups is 1. The Morgan fingerprint density at radius 2 is 2.07 bits per heavy atom. The maximum absolute atomic E-state index is 12.2. The number of rotatable bonds is 5. The number of methoxy groups -OCH3 is 1. The predicted molar refractivity (Wildman–Crippen MR) is 103 cm³/mol. The number of ether oxygens (including phenoxy) is 2. The van der Waals surface area contributed by atoms with Gasteiger partial charge in [0.15, 0.2) is 5.60 Å². The highest BCUT2D eigenvalue weighted by Crippen LogP contribution is 2.56. The van der Waals surface area contributed by atoms with Crippen LogP contribution >= 0.6 is 0 Å². The van der Waals surface area contributed by atoms with Crippen molar-refractivity contribution in [3.63, 3.8) is 0 Å². The van der Waals surface area contributed by atoms with Crippen LogP contribution in [0.15, 0.2) is 12.1 Å². The van der Waals surface area contributed by atoms with Crippen LogP contribution in [-0.2, 0) is 16.0 Å². The van der Waals surface area contributed by atoms with E-state index >= 15 is 0 Å². The Morgan fingerprint density at radius 1 is 1.33 bits per heavy atom. The van der Waals surface area contributed by atoms with Crippen LogP contribution in [0, 0.1) is 5.92 Å². The van der Waals surface area contributed by atoms with E-state index in [-0.39, 0.29) is 24.0 Å². The topological polar surface area (TPSA) is 76.0 Å². The Labute approximate surface area is 161 Å². The molecule has 2 aliphatic rings. The molecule has 0 spiro atoms. The van der Waals surface area contributed by atoms with Crippen LogP contribution in [0.3, 0.4) is 0 Å². The van der Waals surface area contributed by atoms with Crippen LogP contribution in [-0.4, -0.2) is 34.5 Å². The number of carbonyl (C=O) groups excluding carboxylic acids is 1. The molecule has 1 aliphatic heterocycles. The predicted octanol–water partition coefficient (Wildman–Crippen LogP) is 4.08. The number of hydrogen-bond acceptors (Lipinski definition) is 5. The average Bonchev–Trinajstić information content (AvgIpc) is 2.60. The van der Waals surface area contributed by atoms with Crippen LogP contribution < -0.4 is 4.74 Å². The lowest BCUT2D eigenvalue weighted by Gasteiger charge is -2.50. The summed E-state index contributed by atoms with van der Waals surface area (Å²) in [6.07, 6.45) is 5.51. The van der Waals surface area contributed by atoms with Crippen molar-refractivity contribution in [3.8, 4) is 11.5 Å². The molecule has 27 heavy (non-hydrogen) atoms. The summed E-state index contributed by atoms with van der Waals surface area (Å²) < 4.78 is 11.1. The number of benzene rings is 1. The third-order valence-electron chi connectivity index (χ3n) is 6.36. The molecule has 0 unspecified atom stereocenters. The molecule has 2 N–H and O–H groups in total. The molecule has 1 fully saturated rings. The molecule has 0 radical (unpaired) electrons. The number of esters is 1. The van der Waals surface area contributed by atoms with Gasteiger partial charge in [-0.05, 0) is 63.6 Å². The number of aromatic hydroxyl groups is 1. The molecular formula is C22H32O5. The van der Waals surface area contributed by atoms with Crippen molar-refractivity contribution in [3.05, 3.63) is 23.3 Å². The third-order valence-corrected chi connectivity index (χ3v) is 6.36. The van der Waals surface area contributed by atoms with E-state index in [9.17, 15) is 15.0 Å². The molecule has 0 bridgehead atoms. The highest BCUT2D eigenvalue weighted by molar-refractivity contribution is 5.79. The smallest absolute Gasteiger partial charge is 0.337 e. The summed E-state index contributed by atoms with van der Waals surface area (Å²) in [7, 11) is 1.30. The van der Waals surface area contributed by atoms with Gasteiger partial charge in [0.2, 0.25) is 0 Å². The van der Waals surface area contributed by atoms with Crippen LogP contribution in [0.5, 0.6) is 11.5 Å².